The maximum absolute atomic E-state index is 13.4. The van der Waals surface area contributed by atoms with E-state index in [1.54, 1.807) is 6.07 Å². The fraction of sp³-hybridized carbons (Fsp3) is 0.533. The van der Waals surface area contributed by atoms with Gasteiger partial charge < -0.3 is 15.8 Å². The molecule has 1 aromatic rings. The first kappa shape index (κ1) is 14.8. The number of carbonyl (C=O) groups excluding carboxylic acids is 1. The Bertz CT molecular complexity index is 493. The molecular weight excluding hydrogens is 259 g/mol. The van der Waals surface area contributed by atoms with Crippen molar-refractivity contribution in [2.45, 2.75) is 38.3 Å². The van der Waals surface area contributed by atoms with Crippen LogP contribution in [-0.4, -0.2) is 19.1 Å². The van der Waals surface area contributed by atoms with Crippen molar-refractivity contribution in [1.82, 2.24) is 5.32 Å². The third-order valence-electron chi connectivity index (χ3n) is 3.92. The number of methoxy groups -OCH3 is 1. The van der Waals surface area contributed by atoms with Crippen molar-refractivity contribution in [2.24, 2.45) is 11.7 Å². The van der Waals surface area contributed by atoms with E-state index in [1.165, 1.54) is 19.2 Å². The number of nitrogens with two attached hydrogens (primary N) is 1. The van der Waals surface area contributed by atoms with Gasteiger partial charge in [-0.2, -0.15) is 0 Å². The first-order valence-corrected chi connectivity index (χ1v) is 6.92. The summed E-state index contributed by atoms with van der Waals surface area (Å²) >= 11 is 0. The normalized spacial score (nSPS) is 23.4. The fourth-order valence-corrected chi connectivity index (χ4v) is 2.76. The van der Waals surface area contributed by atoms with Crippen molar-refractivity contribution in [2.75, 3.05) is 7.11 Å². The van der Waals surface area contributed by atoms with Crippen molar-refractivity contribution in [3.63, 3.8) is 0 Å². The minimum atomic E-state index is -0.348. The topological polar surface area (TPSA) is 64.3 Å². The molecular formula is C15H21FN2O2. The summed E-state index contributed by atoms with van der Waals surface area (Å²) in [7, 11) is 1.53. The Morgan fingerprint density at radius 3 is 2.85 bits per heavy atom. The number of nitrogens with one attached hydrogen (secondary N) is 1. The van der Waals surface area contributed by atoms with Crippen molar-refractivity contribution in [3.8, 4) is 5.75 Å². The van der Waals surface area contributed by atoms with E-state index in [0.717, 1.165) is 19.3 Å². The molecule has 5 heteroatoms. The predicted octanol–water partition coefficient (Wildman–Crippen LogP) is 2.14. The molecule has 110 valence electrons. The highest BCUT2D eigenvalue weighted by Gasteiger charge is 2.31. The number of halogens is 1. The van der Waals surface area contributed by atoms with Gasteiger partial charge in [0.15, 0.2) is 0 Å². The Balaban J connectivity index is 2.09. The molecule has 3 unspecified atom stereocenters. The molecule has 3 N–H and O–H groups in total. The Hall–Kier alpha value is -1.62. The van der Waals surface area contributed by atoms with E-state index in [1.807, 2.05) is 6.92 Å². The lowest BCUT2D eigenvalue weighted by Crippen LogP contribution is -2.39. The van der Waals surface area contributed by atoms with Gasteiger partial charge in [0, 0.05) is 11.6 Å². The van der Waals surface area contributed by atoms with Crippen LogP contribution in [0.4, 0.5) is 4.39 Å². The SMILES string of the molecule is COc1ccc(F)cc1C(C)NC(=O)C1CCCC1N. The van der Waals surface area contributed by atoms with Crippen LogP contribution in [0.1, 0.15) is 37.8 Å². The number of benzene rings is 1. The maximum Gasteiger partial charge on any atom is 0.225 e. The van der Waals surface area contributed by atoms with Crippen LogP contribution in [0, 0.1) is 11.7 Å². The molecule has 1 amide bonds. The Kier molecular flexibility index (Phi) is 4.60. The highest BCUT2D eigenvalue weighted by molar-refractivity contribution is 5.80. The maximum atomic E-state index is 13.4. The average molecular weight is 280 g/mol. The molecule has 0 spiro atoms. The zero-order valence-electron chi connectivity index (χ0n) is 11.9. The van der Waals surface area contributed by atoms with Gasteiger partial charge in [-0.15, -0.1) is 0 Å². The third kappa shape index (κ3) is 3.10. The number of ether oxygens (including phenoxy) is 1. The lowest BCUT2D eigenvalue weighted by atomic mass is 10.0. The van der Waals surface area contributed by atoms with Crippen LogP contribution >= 0.6 is 0 Å². The number of amides is 1. The van der Waals surface area contributed by atoms with E-state index < -0.39 is 0 Å². The zero-order valence-corrected chi connectivity index (χ0v) is 11.9. The molecule has 0 bridgehead atoms. The van der Waals surface area contributed by atoms with Gasteiger partial charge in [0.1, 0.15) is 11.6 Å². The van der Waals surface area contributed by atoms with Crippen LogP contribution in [0.2, 0.25) is 0 Å². The minimum Gasteiger partial charge on any atom is -0.496 e. The summed E-state index contributed by atoms with van der Waals surface area (Å²) < 4.78 is 18.6. The molecule has 1 aliphatic carbocycles. The molecule has 20 heavy (non-hydrogen) atoms. The number of carbonyl (C=O) groups is 1. The van der Waals surface area contributed by atoms with Crippen LogP contribution in [0.3, 0.4) is 0 Å². The van der Waals surface area contributed by atoms with Gasteiger partial charge in [0.2, 0.25) is 5.91 Å². The van der Waals surface area contributed by atoms with Crippen LogP contribution in [0.5, 0.6) is 5.75 Å². The van der Waals surface area contributed by atoms with E-state index in [4.69, 9.17) is 10.5 Å². The number of rotatable bonds is 4. The molecule has 0 heterocycles. The largest absolute Gasteiger partial charge is 0.496 e. The van der Waals surface area contributed by atoms with Crippen LogP contribution in [0.15, 0.2) is 18.2 Å². The number of hydrogen-bond donors (Lipinski definition) is 2. The monoisotopic (exact) mass is 280 g/mol. The second-order valence-electron chi connectivity index (χ2n) is 5.32. The molecule has 0 aliphatic heterocycles. The van der Waals surface area contributed by atoms with Gasteiger partial charge in [-0.25, -0.2) is 4.39 Å². The lowest BCUT2D eigenvalue weighted by Gasteiger charge is -2.21. The molecule has 2 rings (SSSR count). The smallest absolute Gasteiger partial charge is 0.225 e. The second kappa shape index (κ2) is 6.22. The van der Waals surface area contributed by atoms with E-state index >= 15 is 0 Å². The van der Waals surface area contributed by atoms with Crippen molar-refractivity contribution >= 4 is 5.91 Å². The average Bonchev–Trinajstić information content (AvgIpc) is 2.85. The summed E-state index contributed by atoms with van der Waals surface area (Å²) in [6.07, 6.45) is 2.69. The molecule has 1 fully saturated rings. The van der Waals surface area contributed by atoms with Crippen LogP contribution in [0.25, 0.3) is 0 Å². The highest BCUT2D eigenvalue weighted by Crippen LogP contribution is 2.28. The molecule has 4 nitrogen and oxygen atoms in total. The van der Waals surface area contributed by atoms with E-state index in [2.05, 4.69) is 5.32 Å². The van der Waals surface area contributed by atoms with E-state index in [-0.39, 0.29) is 29.7 Å². The van der Waals surface area contributed by atoms with Gasteiger partial charge in [0.25, 0.3) is 0 Å². The fourth-order valence-electron chi connectivity index (χ4n) is 2.76. The Morgan fingerprint density at radius 1 is 1.50 bits per heavy atom. The molecule has 1 saturated carbocycles. The van der Waals surface area contributed by atoms with Crippen molar-refractivity contribution in [1.29, 1.82) is 0 Å². The van der Waals surface area contributed by atoms with Gasteiger partial charge in [0.05, 0.1) is 19.1 Å². The summed E-state index contributed by atoms with van der Waals surface area (Å²) in [5, 5.41) is 2.90. The van der Waals surface area contributed by atoms with Gasteiger partial charge >= 0.3 is 0 Å². The third-order valence-corrected chi connectivity index (χ3v) is 3.92. The van der Waals surface area contributed by atoms with Gasteiger partial charge in [-0.1, -0.05) is 6.42 Å². The quantitative estimate of drug-likeness (QED) is 0.888. The van der Waals surface area contributed by atoms with E-state index in [9.17, 15) is 9.18 Å². The minimum absolute atomic E-state index is 0.0613. The number of hydrogen-bond acceptors (Lipinski definition) is 3. The second-order valence-corrected chi connectivity index (χ2v) is 5.32. The standard InChI is InChI=1S/C15H21FN2O2/c1-9(12-8-10(16)6-7-14(12)20-2)18-15(19)11-4-3-5-13(11)17/h6-9,11,13H,3-5,17H2,1-2H3,(H,18,19). The first-order valence-electron chi connectivity index (χ1n) is 6.92. The summed E-state index contributed by atoms with van der Waals surface area (Å²) in [5.41, 5.74) is 6.56. The molecule has 1 aromatic carbocycles. The predicted molar refractivity (Wildman–Crippen MR) is 74.8 cm³/mol. The summed E-state index contributed by atoms with van der Waals surface area (Å²) in [5.74, 6) is 0.0141. The highest BCUT2D eigenvalue weighted by atomic mass is 19.1. The molecule has 0 saturated heterocycles. The van der Waals surface area contributed by atoms with Crippen LogP contribution in [-0.2, 0) is 4.79 Å². The van der Waals surface area contributed by atoms with Crippen molar-refractivity contribution < 1.29 is 13.9 Å². The summed E-state index contributed by atoms with van der Waals surface area (Å²) in [6, 6.07) is 3.90. The van der Waals surface area contributed by atoms with Crippen LogP contribution < -0.4 is 15.8 Å². The summed E-state index contributed by atoms with van der Waals surface area (Å²) in [4.78, 5) is 12.2. The molecule has 1 aliphatic rings. The molecule has 3 atom stereocenters. The van der Waals surface area contributed by atoms with Gasteiger partial charge in [-0.3, -0.25) is 4.79 Å². The summed E-state index contributed by atoms with van der Waals surface area (Å²) in [6.45, 7) is 1.82. The molecule has 0 radical (unpaired) electrons. The van der Waals surface area contributed by atoms with Gasteiger partial charge in [-0.05, 0) is 38.0 Å². The van der Waals surface area contributed by atoms with E-state index in [0.29, 0.717) is 11.3 Å². The Labute approximate surface area is 118 Å². The molecule has 0 aromatic heterocycles. The Morgan fingerprint density at radius 2 is 2.25 bits per heavy atom. The lowest BCUT2D eigenvalue weighted by molar-refractivity contribution is -0.125. The zero-order chi connectivity index (χ0) is 14.7. The van der Waals surface area contributed by atoms with Crippen molar-refractivity contribution in [3.05, 3.63) is 29.6 Å². The first-order chi connectivity index (χ1) is 9.52.